The lowest BCUT2D eigenvalue weighted by atomic mass is 10.1. The molecule has 0 amide bonds. The van der Waals surface area contributed by atoms with Gasteiger partial charge in [0.05, 0.1) is 12.0 Å². The monoisotopic (exact) mass is 210 g/mol. The van der Waals surface area contributed by atoms with Crippen molar-refractivity contribution < 1.29 is 9.66 Å². The van der Waals surface area contributed by atoms with E-state index in [4.69, 9.17) is 10.5 Å². The van der Waals surface area contributed by atoms with E-state index in [9.17, 15) is 10.1 Å². The molecule has 0 spiro atoms. The van der Waals surface area contributed by atoms with Gasteiger partial charge in [0, 0.05) is 11.8 Å². The number of nitrogen functional groups attached to an aromatic ring is 1. The first-order valence-corrected chi connectivity index (χ1v) is 4.71. The van der Waals surface area contributed by atoms with Crippen LogP contribution in [0, 0.1) is 10.1 Å². The van der Waals surface area contributed by atoms with Crippen LogP contribution in [-0.2, 0) is 6.42 Å². The molecular weight excluding hydrogens is 196 g/mol. The molecule has 0 unspecified atom stereocenters. The molecule has 0 heterocycles. The summed E-state index contributed by atoms with van der Waals surface area (Å²) in [5.74, 6) is 0.262. The second kappa shape index (κ2) is 4.63. The molecule has 15 heavy (non-hydrogen) atoms. The fraction of sp³-hybridized carbons (Fsp3) is 0.400. The Morgan fingerprint density at radius 3 is 2.67 bits per heavy atom. The number of nitro groups is 1. The number of methoxy groups -OCH3 is 1. The van der Waals surface area contributed by atoms with Gasteiger partial charge in [0.15, 0.2) is 5.75 Å². The van der Waals surface area contributed by atoms with Gasteiger partial charge in [0.25, 0.3) is 0 Å². The van der Waals surface area contributed by atoms with Crippen molar-refractivity contribution >= 4 is 11.4 Å². The lowest BCUT2D eigenvalue weighted by Crippen LogP contribution is -2.00. The van der Waals surface area contributed by atoms with Crippen LogP contribution in [-0.4, -0.2) is 12.0 Å². The van der Waals surface area contributed by atoms with E-state index in [0.29, 0.717) is 5.69 Å². The summed E-state index contributed by atoms with van der Waals surface area (Å²) >= 11 is 0. The fourth-order valence-electron chi connectivity index (χ4n) is 1.42. The van der Waals surface area contributed by atoms with Crippen LogP contribution in [0.4, 0.5) is 11.4 Å². The summed E-state index contributed by atoms with van der Waals surface area (Å²) < 4.78 is 4.95. The standard InChI is InChI=1S/C10H14N2O3/c1-3-4-7-5-10(15-2)9(12(13)14)6-8(7)11/h5-6H,3-4,11H2,1-2H3. The van der Waals surface area contributed by atoms with Gasteiger partial charge in [-0.2, -0.15) is 0 Å². The molecule has 0 radical (unpaired) electrons. The Balaban J connectivity index is 3.22. The minimum atomic E-state index is -0.495. The van der Waals surface area contributed by atoms with E-state index in [1.54, 1.807) is 6.07 Å². The Labute approximate surface area is 88.0 Å². The van der Waals surface area contributed by atoms with Gasteiger partial charge < -0.3 is 10.5 Å². The number of nitrogens with zero attached hydrogens (tertiary/aromatic N) is 1. The van der Waals surface area contributed by atoms with Gasteiger partial charge in [-0.15, -0.1) is 0 Å². The van der Waals surface area contributed by atoms with Gasteiger partial charge in [-0.1, -0.05) is 13.3 Å². The van der Waals surface area contributed by atoms with E-state index < -0.39 is 4.92 Å². The molecule has 0 aliphatic heterocycles. The van der Waals surface area contributed by atoms with Gasteiger partial charge in [-0.05, 0) is 18.1 Å². The zero-order valence-corrected chi connectivity index (χ0v) is 8.82. The number of nitro benzene ring substituents is 1. The van der Waals surface area contributed by atoms with Crippen LogP contribution in [0.1, 0.15) is 18.9 Å². The van der Waals surface area contributed by atoms with Crippen LogP contribution in [0.15, 0.2) is 12.1 Å². The molecule has 0 fully saturated rings. The Morgan fingerprint density at radius 2 is 2.20 bits per heavy atom. The van der Waals surface area contributed by atoms with Gasteiger partial charge in [0.1, 0.15) is 0 Å². The Morgan fingerprint density at radius 1 is 1.53 bits per heavy atom. The maximum atomic E-state index is 10.7. The van der Waals surface area contributed by atoms with Crippen LogP contribution in [0.3, 0.4) is 0 Å². The molecule has 0 aliphatic carbocycles. The van der Waals surface area contributed by atoms with Gasteiger partial charge in [0.2, 0.25) is 0 Å². The highest BCUT2D eigenvalue weighted by Gasteiger charge is 2.17. The predicted octanol–water partition coefficient (Wildman–Crippen LogP) is 2.14. The van der Waals surface area contributed by atoms with Crippen molar-refractivity contribution in [3.63, 3.8) is 0 Å². The number of rotatable bonds is 4. The maximum absolute atomic E-state index is 10.7. The highest BCUT2D eigenvalue weighted by molar-refractivity contribution is 5.61. The Bertz CT molecular complexity index is 377. The third-order valence-electron chi connectivity index (χ3n) is 2.16. The first kappa shape index (κ1) is 11.3. The summed E-state index contributed by atoms with van der Waals surface area (Å²) in [6.45, 7) is 2.02. The highest BCUT2D eigenvalue weighted by atomic mass is 16.6. The molecule has 2 N–H and O–H groups in total. The number of anilines is 1. The third-order valence-corrected chi connectivity index (χ3v) is 2.16. The SMILES string of the molecule is CCCc1cc(OC)c([N+](=O)[O-])cc1N. The average Bonchev–Trinajstić information content (AvgIpc) is 2.20. The number of benzene rings is 1. The molecule has 5 nitrogen and oxygen atoms in total. The third kappa shape index (κ3) is 2.37. The summed E-state index contributed by atoms with van der Waals surface area (Å²) in [5.41, 5.74) is 6.96. The number of nitrogens with two attached hydrogens (primary N) is 1. The minimum absolute atomic E-state index is 0.0881. The Kier molecular flexibility index (Phi) is 3.49. The summed E-state index contributed by atoms with van der Waals surface area (Å²) in [4.78, 5) is 10.2. The van der Waals surface area contributed by atoms with E-state index in [0.717, 1.165) is 18.4 Å². The smallest absolute Gasteiger partial charge is 0.312 e. The molecule has 5 heteroatoms. The minimum Gasteiger partial charge on any atom is -0.490 e. The van der Waals surface area contributed by atoms with Gasteiger partial charge in [-0.25, -0.2) is 0 Å². The maximum Gasteiger partial charge on any atom is 0.312 e. The van der Waals surface area contributed by atoms with Gasteiger partial charge in [-0.3, -0.25) is 10.1 Å². The molecule has 0 aliphatic rings. The van der Waals surface area contributed by atoms with Crippen LogP contribution in [0.5, 0.6) is 5.75 Å². The average molecular weight is 210 g/mol. The van der Waals surface area contributed by atoms with Crippen molar-refractivity contribution in [2.45, 2.75) is 19.8 Å². The molecule has 1 aromatic carbocycles. The molecule has 0 aromatic heterocycles. The molecule has 1 aromatic rings. The van der Waals surface area contributed by atoms with E-state index in [1.165, 1.54) is 13.2 Å². The predicted molar refractivity (Wildman–Crippen MR) is 58.1 cm³/mol. The normalized spacial score (nSPS) is 10.0. The first-order chi connectivity index (χ1) is 7.10. The van der Waals surface area contributed by atoms with Crippen LogP contribution in [0.2, 0.25) is 0 Å². The van der Waals surface area contributed by atoms with Crippen molar-refractivity contribution in [3.05, 3.63) is 27.8 Å². The summed E-state index contributed by atoms with van der Waals surface area (Å²) in [7, 11) is 1.41. The van der Waals surface area contributed by atoms with E-state index in [2.05, 4.69) is 0 Å². The lowest BCUT2D eigenvalue weighted by Gasteiger charge is -2.07. The van der Waals surface area contributed by atoms with Gasteiger partial charge >= 0.3 is 5.69 Å². The van der Waals surface area contributed by atoms with Crippen LogP contribution in [0.25, 0.3) is 0 Å². The Hall–Kier alpha value is -1.78. The second-order valence-electron chi connectivity index (χ2n) is 3.23. The molecule has 0 saturated heterocycles. The summed E-state index contributed by atoms with van der Waals surface area (Å²) in [5, 5.41) is 10.7. The lowest BCUT2D eigenvalue weighted by molar-refractivity contribution is -0.385. The van der Waals surface area contributed by atoms with Crippen molar-refractivity contribution in [2.24, 2.45) is 0 Å². The fourth-order valence-corrected chi connectivity index (χ4v) is 1.42. The van der Waals surface area contributed by atoms with Crippen LogP contribution >= 0.6 is 0 Å². The largest absolute Gasteiger partial charge is 0.490 e. The molecule has 82 valence electrons. The number of hydrogen-bond acceptors (Lipinski definition) is 4. The highest BCUT2D eigenvalue weighted by Crippen LogP contribution is 2.32. The zero-order valence-electron chi connectivity index (χ0n) is 8.82. The van der Waals surface area contributed by atoms with E-state index in [1.807, 2.05) is 6.92 Å². The summed E-state index contributed by atoms with van der Waals surface area (Å²) in [6, 6.07) is 2.99. The van der Waals surface area contributed by atoms with Crippen molar-refractivity contribution in [2.75, 3.05) is 12.8 Å². The van der Waals surface area contributed by atoms with Crippen molar-refractivity contribution in [1.82, 2.24) is 0 Å². The molecule has 0 atom stereocenters. The second-order valence-corrected chi connectivity index (χ2v) is 3.23. The quantitative estimate of drug-likeness (QED) is 0.469. The molecule has 0 saturated carbocycles. The first-order valence-electron chi connectivity index (χ1n) is 4.71. The van der Waals surface area contributed by atoms with Crippen molar-refractivity contribution in [3.8, 4) is 5.75 Å². The zero-order chi connectivity index (χ0) is 11.4. The van der Waals surface area contributed by atoms with E-state index in [-0.39, 0.29) is 11.4 Å². The van der Waals surface area contributed by atoms with E-state index >= 15 is 0 Å². The molecule has 0 bridgehead atoms. The van der Waals surface area contributed by atoms with Crippen LogP contribution < -0.4 is 10.5 Å². The number of hydrogen-bond donors (Lipinski definition) is 1. The molecular formula is C10H14N2O3. The topological polar surface area (TPSA) is 78.4 Å². The molecule has 1 rings (SSSR count). The summed E-state index contributed by atoms with van der Waals surface area (Å²) in [6.07, 6.45) is 1.73. The van der Waals surface area contributed by atoms with Crippen molar-refractivity contribution in [1.29, 1.82) is 0 Å². The number of ether oxygens (including phenoxy) is 1. The number of aryl methyl sites for hydroxylation is 1.